The molecule has 2 heterocycles. The molecule has 1 saturated heterocycles. The van der Waals surface area contributed by atoms with Crippen molar-refractivity contribution in [3.63, 3.8) is 0 Å². The number of rotatable bonds is 4. The van der Waals surface area contributed by atoms with Crippen LogP contribution in [0.5, 0.6) is 0 Å². The third-order valence-electron chi connectivity index (χ3n) is 4.74. The smallest absolute Gasteiger partial charge is 0.269 e. The molecule has 3 aromatic rings. The van der Waals surface area contributed by atoms with Gasteiger partial charge in [-0.05, 0) is 37.1 Å². The number of hydrogen-bond donors (Lipinski definition) is 0. The summed E-state index contributed by atoms with van der Waals surface area (Å²) in [6.45, 7) is 1.84. The molecule has 0 saturated carbocycles. The number of aromatic nitrogens is 1. The number of nitrogens with zero attached hydrogens (tertiary/aromatic N) is 3. The van der Waals surface area contributed by atoms with Crippen LogP contribution in [0.15, 0.2) is 48.5 Å². The molecule has 5 nitrogen and oxygen atoms in total. The van der Waals surface area contributed by atoms with Crippen LogP contribution < -0.4 is 0 Å². The first-order valence-corrected chi connectivity index (χ1v) is 9.35. The van der Waals surface area contributed by atoms with Gasteiger partial charge in [-0.15, -0.1) is 11.3 Å². The Balaban J connectivity index is 1.57. The molecule has 1 atom stereocenters. The van der Waals surface area contributed by atoms with E-state index in [4.69, 9.17) is 4.98 Å². The molecule has 1 aliphatic heterocycles. The molecule has 0 N–H and O–H groups in total. The second kappa shape index (κ2) is 6.90. The van der Waals surface area contributed by atoms with E-state index < -0.39 is 0 Å². The second-order valence-electron chi connectivity index (χ2n) is 6.43. The Labute approximate surface area is 150 Å². The average molecular weight is 353 g/mol. The molecular weight excluding hydrogens is 334 g/mol. The largest absolute Gasteiger partial charge is 0.290 e. The van der Waals surface area contributed by atoms with E-state index in [9.17, 15) is 10.1 Å². The maximum atomic E-state index is 10.8. The van der Waals surface area contributed by atoms with E-state index in [2.05, 4.69) is 23.1 Å². The predicted molar refractivity (Wildman–Crippen MR) is 99.7 cm³/mol. The first-order valence-electron chi connectivity index (χ1n) is 8.53. The van der Waals surface area contributed by atoms with Crippen LogP contribution in [0.25, 0.3) is 10.2 Å². The van der Waals surface area contributed by atoms with E-state index in [-0.39, 0.29) is 10.6 Å². The Morgan fingerprint density at radius 2 is 1.96 bits per heavy atom. The van der Waals surface area contributed by atoms with Crippen LogP contribution in [0, 0.1) is 10.1 Å². The van der Waals surface area contributed by atoms with Crippen molar-refractivity contribution in [2.75, 3.05) is 6.54 Å². The predicted octanol–water partition coefficient (Wildman–Crippen LogP) is 4.93. The van der Waals surface area contributed by atoms with Gasteiger partial charge in [-0.2, -0.15) is 0 Å². The van der Waals surface area contributed by atoms with Crippen molar-refractivity contribution in [3.05, 3.63) is 69.2 Å². The Morgan fingerprint density at radius 3 is 2.72 bits per heavy atom. The van der Waals surface area contributed by atoms with Gasteiger partial charge >= 0.3 is 0 Å². The number of para-hydroxylation sites is 1. The third kappa shape index (κ3) is 3.41. The van der Waals surface area contributed by atoms with E-state index in [1.54, 1.807) is 23.5 Å². The summed E-state index contributed by atoms with van der Waals surface area (Å²) in [5.74, 6) is 0. The van der Waals surface area contributed by atoms with E-state index in [1.165, 1.54) is 22.5 Å². The molecule has 1 aromatic heterocycles. The Bertz CT molecular complexity index is 858. The normalized spacial score (nSPS) is 18.5. The van der Waals surface area contributed by atoms with Gasteiger partial charge in [0.15, 0.2) is 0 Å². The molecule has 25 heavy (non-hydrogen) atoms. The van der Waals surface area contributed by atoms with Crippen LogP contribution in [0.4, 0.5) is 5.69 Å². The number of benzene rings is 2. The number of nitro groups is 1. The standard InChI is InChI=1S/C19H19N3O2S/c23-22(24)15-10-8-14(9-11-15)13-21-12-4-3-6-17(21)19-20-16-5-1-2-7-18(16)25-19/h1-2,5,7-11,17H,3-4,6,12-13H2/t17-/m0/s1. The van der Waals surface area contributed by atoms with Crippen LogP contribution in [0.3, 0.4) is 0 Å². The number of likely N-dealkylation sites (tertiary alicyclic amines) is 1. The lowest BCUT2D eigenvalue weighted by Crippen LogP contribution is -2.32. The maximum absolute atomic E-state index is 10.8. The molecule has 0 aliphatic carbocycles. The maximum Gasteiger partial charge on any atom is 0.269 e. The molecule has 0 bridgehead atoms. The van der Waals surface area contributed by atoms with Crippen molar-refractivity contribution in [2.24, 2.45) is 0 Å². The van der Waals surface area contributed by atoms with Crippen LogP contribution in [-0.4, -0.2) is 21.4 Å². The van der Waals surface area contributed by atoms with E-state index >= 15 is 0 Å². The highest BCUT2D eigenvalue weighted by Crippen LogP contribution is 2.36. The van der Waals surface area contributed by atoms with Gasteiger partial charge < -0.3 is 0 Å². The zero-order chi connectivity index (χ0) is 17.2. The minimum absolute atomic E-state index is 0.144. The number of fused-ring (bicyclic) bond motifs is 1. The van der Waals surface area contributed by atoms with Crippen LogP contribution >= 0.6 is 11.3 Å². The zero-order valence-corrected chi connectivity index (χ0v) is 14.6. The van der Waals surface area contributed by atoms with Gasteiger partial charge in [0.25, 0.3) is 5.69 Å². The average Bonchev–Trinajstić information content (AvgIpc) is 3.06. The minimum Gasteiger partial charge on any atom is -0.290 e. The van der Waals surface area contributed by atoms with E-state index in [0.717, 1.165) is 30.6 Å². The van der Waals surface area contributed by atoms with Gasteiger partial charge in [-0.1, -0.05) is 30.7 Å². The van der Waals surface area contributed by atoms with Gasteiger partial charge in [0.1, 0.15) is 5.01 Å². The van der Waals surface area contributed by atoms with Crippen LogP contribution in [-0.2, 0) is 6.54 Å². The molecule has 2 aromatic carbocycles. The molecule has 6 heteroatoms. The third-order valence-corrected chi connectivity index (χ3v) is 5.88. The van der Waals surface area contributed by atoms with Gasteiger partial charge in [0.2, 0.25) is 0 Å². The Morgan fingerprint density at radius 1 is 1.16 bits per heavy atom. The molecule has 128 valence electrons. The first kappa shape index (κ1) is 16.2. The van der Waals surface area contributed by atoms with Gasteiger partial charge in [-0.3, -0.25) is 15.0 Å². The fourth-order valence-corrected chi connectivity index (χ4v) is 4.59. The zero-order valence-electron chi connectivity index (χ0n) is 13.8. The quantitative estimate of drug-likeness (QED) is 0.493. The van der Waals surface area contributed by atoms with Gasteiger partial charge in [0.05, 0.1) is 21.2 Å². The molecule has 4 rings (SSSR count). The summed E-state index contributed by atoms with van der Waals surface area (Å²) in [6, 6.07) is 15.5. The lowest BCUT2D eigenvalue weighted by atomic mass is 10.0. The summed E-state index contributed by atoms with van der Waals surface area (Å²) in [5, 5.41) is 12.0. The molecule has 0 radical (unpaired) electrons. The monoisotopic (exact) mass is 353 g/mol. The lowest BCUT2D eigenvalue weighted by molar-refractivity contribution is -0.384. The summed E-state index contributed by atoms with van der Waals surface area (Å²) in [4.78, 5) is 17.8. The summed E-state index contributed by atoms with van der Waals surface area (Å²) in [6.07, 6.45) is 3.53. The highest BCUT2D eigenvalue weighted by molar-refractivity contribution is 7.18. The van der Waals surface area contributed by atoms with Crippen molar-refractivity contribution in [3.8, 4) is 0 Å². The van der Waals surface area contributed by atoms with E-state index in [0.29, 0.717) is 6.04 Å². The van der Waals surface area contributed by atoms with Crippen molar-refractivity contribution < 1.29 is 4.92 Å². The Hall–Kier alpha value is -2.31. The summed E-state index contributed by atoms with van der Waals surface area (Å²) in [7, 11) is 0. The SMILES string of the molecule is O=[N+]([O-])c1ccc(CN2CCCC[C@H]2c2nc3ccccc3s2)cc1. The molecule has 1 fully saturated rings. The highest BCUT2D eigenvalue weighted by atomic mass is 32.1. The topological polar surface area (TPSA) is 59.3 Å². The van der Waals surface area contributed by atoms with Crippen molar-refractivity contribution in [2.45, 2.75) is 31.8 Å². The molecule has 0 amide bonds. The first-order chi connectivity index (χ1) is 12.2. The molecular formula is C19H19N3O2S. The van der Waals surface area contributed by atoms with Crippen LogP contribution in [0.1, 0.15) is 35.9 Å². The summed E-state index contributed by atoms with van der Waals surface area (Å²) >= 11 is 1.78. The highest BCUT2D eigenvalue weighted by Gasteiger charge is 2.26. The number of piperidine rings is 1. The molecule has 0 unspecified atom stereocenters. The van der Waals surface area contributed by atoms with Crippen molar-refractivity contribution >= 4 is 27.2 Å². The van der Waals surface area contributed by atoms with Crippen molar-refractivity contribution in [1.29, 1.82) is 0 Å². The van der Waals surface area contributed by atoms with Crippen LogP contribution in [0.2, 0.25) is 0 Å². The van der Waals surface area contributed by atoms with Crippen molar-refractivity contribution in [1.82, 2.24) is 9.88 Å². The summed E-state index contributed by atoms with van der Waals surface area (Å²) < 4.78 is 1.23. The van der Waals surface area contributed by atoms with Gasteiger partial charge in [0, 0.05) is 18.7 Å². The number of thiazole rings is 1. The van der Waals surface area contributed by atoms with Gasteiger partial charge in [-0.25, -0.2) is 4.98 Å². The second-order valence-corrected chi connectivity index (χ2v) is 7.49. The number of hydrogen-bond acceptors (Lipinski definition) is 5. The molecule has 1 aliphatic rings. The minimum atomic E-state index is -0.353. The Kier molecular flexibility index (Phi) is 4.46. The van der Waals surface area contributed by atoms with E-state index in [1.807, 2.05) is 18.2 Å². The summed E-state index contributed by atoms with van der Waals surface area (Å²) in [5.41, 5.74) is 2.33. The molecule has 0 spiro atoms. The number of nitro benzene ring substituents is 1. The fraction of sp³-hybridized carbons (Fsp3) is 0.316. The lowest BCUT2D eigenvalue weighted by Gasteiger charge is -2.34. The fourth-order valence-electron chi connectivity index (χ4n) is 3.45. The number of non-ortho nitro benzene ring substituents is 1.